The summed E-state index contributed by atoms with van der Waals surface area (Å²) in [7, 11) is 0. The molecule has 0 amide bonds. The van der Waals surface area contributed by atoms with Gasteiger partial charge >= 0.3 is 6.18 Å². The van der Waals surface area contributed by atoms with Gasteiger partial charge in [-0.05, 0) is 37.3 Å². The number of benzene rings is 2. The van der Waals surface area contributed by atoms with Crippen molar-refractivity contribution in [3.8, 4) is 0 Å². The van der Waals surface area contributed by atoms with Gasteiger partial charge in [-0.3, -0.25) is 0 Å². The van der Waals surface area contributed by atoms with Crippen LogP contribution in [0.1, 0.15) is 12.5 Å². The lowest BCUT2D eigenvalue weighted by Gasteiger charge is -2.22. The van der Waals surface area contributed by atoms with Gasteiger partial charge in [0, 0.05) is 23.3 Å². The molecule has 3 rings (SSSR count). The highest BCUT2D eigenvalue weighted by Crippen LogP contribution is 2.39. The molecule has 3 aromatic rings. The molecule has 8 heteroatoms. The lowest BCUT2D eigenvalue weighted by Crippen LogP contribution is -2.20. The number of anilines is 2. The molecule has 0 radical (unpaired) electrons. The van der Waals surface area contributed by atoms with E-state index in [9.17, 15) is 17.6 Å². The Balaban J connectivity index is 2.05. The van der Waals surface area contributed by atoms with Crippen molar-refractivity contribution in [3.05, 3.63) is 72.2 Å². The molecule has 3 nitrogen and oxygen atoms in total. The molecule has 0 aliphatic carbocycles. The second-order valence-electron chi connectivity index (χ2n) is 5.53. The van der Waals surface area contributed by atoms with Crippen LogP contribution in [0.15, 0.2) is 70.7 Å². The number of rotatable bonds is 5. The minimum absolute atomic E-state index is 0.0783. The summed E-state index contributed by atoms with van der Waals surface area (Å²) in [6.45, 7) is 2.15. The van der Waals surface area contributed by atoms with Gasteiger partial charge in [0.15, 0.2) is 0 Å². The normalized spacial score (nSPS) is 11.4. The van der Waals surface area contributed by atoms with Crippen molar-refractivity contribution in [2.24, 2.45) is 0 Å². The maximum Gasteiger partial charge on any atom is 0.420 e. The van der Waals surface area contributed by atoms with Gasteiger partial charge in [-0.15, -0.1) is 0 Å². The summed E-state index contributed by atoms with van der Waals surface area (Å²) in [5.41, 5.74) is -0.441. The molecule has 0 saturated carbocycles. The fourth-order valence-corrected chi connectivity index (χ4v) is 3.37. The van der Waals surface area contributed by atoms with Gasteiger partial charge in [-0.25, -0.2) is 14.4 Å². The molecule has 140 valence electrons. The van der Waals surface area contributed by atoms with Crippen molar-refractivity contribution in [2.45, 2.75) is 23.0 Å². The summed E-state index contributed by atoms with van der Waals surface area (Å²) >= 11 is 0.910. The molecular weight excluding hydrogens is 378 g/mol. The molecule has 0 saturated heterocycles. The standard InChI is InChI=1S/C19H15F4N3S/c1-2-26(14-8-6-7-13(20)11-14)18-24-12-16(19(21,22)23)17(25-18)27-15-9-4-3-5-10-15/h3-12H,2H2,1H3. The Labute approximate surface area is 158 Å². The monoisotopic (exact) mass is 393 g/mol. The summed E-state index contributed by atoms with van der Waals surface area (Å²) < 4.78 is 53.7. The van der Waals surface area contributed by atoms with Crippen LogP contribution in [0.25, 0.3) is 0 Å². The number of aromatic nitrogens is 2. The van der Waals surface area contributed by atoms with Crippen molar-refractivity contribution >= 4 is 23.4 Å². The summed E-state index contributed by atoms with van der Waals surface area (Å²) in [6.07, 6.45) is -3.80. The van der Waals surface area contributed by atoms with E-state index < -0.39 is 17.6 Å². The van der Waals surface area contributed by atoms with Crippen LogP contribution in [-0.2, 0) is 6.18 Å². The van der Waals surface area contributed by atoms with Gasteiger partial charge in [0.05, 0.1) is 0 Å². The van der Waals surface area contributed by atoms with Gasteiger partial charge in [0.2, 0.25) is 5.95 Å². The lowest BCUT2D eigenvalue weighted by atomic mass is 10.3. The van der Waals surface area contributed by atoms with E-state index in [0.717, 1.165) is 18.0 Å². The second kappa shape index (κ2) is 7.96. The Morgan fingerprint density at radius 2 is 1.78 bits per heavy atom. The molecule has 0 fully saturated rings. The SMILES string of the molecule is CCN(c1cccc(F)c1)c1ncc(C(F)(F)F)c(Sc2ccccc2)n1. The number of alkyl halides is 3. The Morgan fingerprint density at radius 1 is 1.04 bits per heavy atom. The molecule has 0 atom stereocenters. The predicted octanol–water partition coefficient (Wildman–Crippen LogP) is 5.94. The second-order valence-corrected chi connectivity index (χ2v) is 6.59. The average molecular weight is 393 g/mol. The smallest absolute Gasteiger partial charge is 0.311 e. The largest absolute Gasteiger partial charge is 0.420 e. The zero-order valence-electron chi connectivity index (χ0n) is 14.2. The number of halogens is 4. The van der Waals surface area contributed by atoms with Crippen LogP contribution in [0.3, 0.4) is 0 Å². The molecule has 0 spiro atoms. The topological polar surface area (TPSA) is 29.0 Å². The van der Waals surface area contributed by atoms with E-state index in [4.69, 9.17) is 0 Å². The Bertz CT molecular complexity index is 916. The van der Waals surface area contributed by atoms with E-state index in [-0.39, 0.29) is 11.0 Å². The van der Waals surface area contributed by atoms with Crippen molar-refractivity contribution in [1.82, 2.24) is 9.97 Å². The zero-order chi connectivity index (χ0) is 19.4. The Kier molecular flexibility index (Phi) is 5.65. The van der Waals surface area contributed by atoms with E-state index in [1.165, 1.54) is 18.2 Å². The van der Waals surface area contributed by atoms with Crippen LogP contribution in [0.4, 0.5) is 29.2 Å². The Morgan fingerprint density at radius 3 is 2.41 bits per heavy atom. The molecule has 0 bridgehead atoms. The first kappa shape index (κ1) is 19.2. The van der Waals surface area contributed by atoms with Crippen molar-refractivity contribution < 1.29 is 17.6 Å². The number of nitrogens with zero attached hydrogens (tertiary/aromatic N) is 3. The first-order valence-corrected chi connectivity index (χ1v) is 8.90. The van der Waals surface area contributed by atoms with Gasteiger partial charge in [-0.1, -0.05) is 36.0 Å². The van der Waals surface area contributed by atoms with Crippen molar-refractivity contribution in [3.63, 3.8) is 0 Å². The molecule has 0 aliphatic rings. The Hall–Kier alpha value is -2.61. The highest BCUT2D eigenvalue weighted by Gasteiger charge is 2.35. The third-order valence-electron chi connectivity index (χ3n) is 3.68. The number of hydrogen-bond donors (Lipinski definition) is 0. The summed E-state index contributed by atoms with van der Waals surface area (Å²) in [5, 5.41) is -0.200. The third kappa shape index (κ3) is 4.57. The van der Waals surface area contributed by atoms with E-state index in [1.807, 2.05) is 0 Å². The summed E-state index contributed by atoms with van der Waals surface area (Å²) in [5.74, 6) is -0.369. The average Bonchev–Trinajstić information content (AvgIpc) is 2.62. The third-order valence-corrected chi connectivity index (χ3v) is 4.69. The van der Waals surface area contributed by atoms with Crippen LogP contribution in [-0.4, -0.2) is 16.5 Å². The fourth-order valence-electron chi connectivity index (χ4n) is 2.44. The summed E-state index contributed by atoms with van der Waals surface area (Å²) in [6, 6.07) is 14.4. The maximum absolute atomic E-state index is 13.5. The predicted molar refractivity (Wildman–Crippen MR) is 96.7 cm³/mol. The zero-order valence-corrected chi connectivity index (χ0v) is 15.1. The maximum atomic E-state index is 13.5. The van der Waals surface area contributed by atoms with E-state index in [2.05, 4.69) is 9.97 Å². The highest BCUT2D eigenvalue weighted by atomic mass is 32.2. The molecule has 0 aliphatic heterocycles. The summed E-state index contributed by atoms with van der Waals surface area (Å²) in [4.78, 5) is 10.2. The molecule has 2 aromatic carbocycles. The molecule has 0 unspecified atom stereocenters. The van der Waals surface area contributed by atoms with Gasteiger partial charge in [0.1, 0.15) is 16.4 Å². The first-order chi connectivity index (χ1) is 12.9. The van der Waals surface area contributed by atoms with Gasteiger partial charge in [-0.2, -0.15) is 13.2 Å². The van der Waals surface area contributed by atoms with E-state index >= 15 is 0 Å². The van der Waals surface area contributed by atoms with Crippen LogP contribution >= 0.6 is 11.8 Å². The van der Waals surface area contributed by atoms with E-state index in [0.29, 0.717) is 17.1 Å². The lowest BCUT2D eigenvalue weighted by molar-refractivity contribution is -0.140. The van der Waals surface area contributed by atoms with Crippen LogP contribution in [0.5, 0.6) is 0 Å². The minimum Gasteiger partial charge on any atom is -0.311 e. The first-order valence-electron chi connectivity index (χ1n) is 8.08. The molecule has 27 heavy (non-hydrogen) atoms. The molecule has 0 N–H and O–H groups in total. The fraction of sp³-hybridized carbons (Fsp3) is 0.158. The van der Waals surface area contributed by atoms with Gasteiger partial charge in [0.25, 0.3) is 0 Å². The van der Waals surface area contributed by atoms with Gasteiger partial charge < -0.3 is 4.90 Å². The van der Waals surface area contributed by atoms with Crippen molar-refractivity contribution in [1.29, 1.82) is 0 Å². The molecular formula is C19H15F4N3S. The quantitative estimate of drug-likeness (QED) is 0.396. The highest BCUT2D eigenvalue weighted by molar-refractivity contribution is 7.99. The van der Waals surface area contributed by atoms with Crippen LogP contribution in [0, 0.1) is 5.82 Å². The number of hydrogen-bond acceptors (Lipinski definition) is 4. The van der Waals surface area contributed by atoms with Crippen molar-refractivity contribution in [2.75, 3.05) is 11.4 Å². The van der Waals surface area contributed by atoms with E-state index in [1.54, 1.807) is 48.2 Å². The molecule has 1 heterocycles. The van der Waals surface area contributed by atoms with Crippen LogP contribution < -0.4 is 4.90 Å². The minimum atomic E-state index is -4.58. The van der Waals surface area contributed by atoms with Crippen LogP contribution in [0.2, 0.25) is 0 Å². The molecule has 1 aromatic heterocycles.